The first-order valence-electron chi connectivity index (χ1n) is 9.66. The van der Waals surface area contributed by atoms with E-state index >= 15 is 0 Å². The van der Waals surface area contributed by atoms with E-state index in [4.69, 9.17) is 15.9 Å². The van der Waals surface area contributed by atoms with Gasteiger partial charge in [-0.1, -0.05) is 24.3 Å². The van der Waals surface area contributed by atoms with Gasteiger partial charge in [-0.3, -0.25) is 15.5 Å². The second kappa shape index (κ2) is 11.1. The summed E-state index contributed by atoms with van der Waals surface area (Å²) in [4.78, 5) is 17.2. The molecule has 5 N–H and O–H groups in total. The second-order valence-electron chi connectivity index (χ2n) is 6.88. The Labute approximate surface area is 183 Å². The minimum absolute atomic E-state index is 0.0148. The number of carbonyl (C=O) groups excluding carboxylic acids is 1. The summed E-state index contributed by atoms with van der Waals surface area (Å²) in [6, 6.07) is 13.4. The third-order valence-electron chi connectivity index (χ3n) is 3.97. The average Bonchev–Trinajstić information content (AvgIpc) is 2.75. The molecule has 0 aliphatic rings. The number of ether oxygens (including phenoxy) is 1. The summed E-state index contributed by atoms with van der Waals surface area (Å²) in [6.45, 7) is 3.38. The topological polar surface area (TPSA) is 105 Å². The lowest BCUT2D eigenvalue weighted by Gasteiger charge is -2.12. The fourth-order valence-electron chi connectivity index (χ4n) is 2.56. The van der Waals surface area contributed by atoms with Crippen LogP contribution in [0.1, 0.15) is 19.4 Å². The van der Waals surface area contributed by atoms with E-state index < -0.39 is 29.3 Å². The van der Waals surface area contributed by atoms with Gasteiger partial charge in [-0.05, 0) is 50.4 Å². The van der Waals surface area contributed by atoms with Crippen LogP contribution in [0, 0.1) is 5.41 Å². The monoisotopic (exact) mass is 445 g/mol. The number of para-hydroxylation sites is 1. The quantitative estimate of drug-likeness (QED) is 0.235. The molecule has 0 heterocycles. The van der Waals surface area contributed by atoms with Gasteiger partial charge in [0.15, 0.2) is 0 Å². The summed E-state index contributed by atoms with van der Waals surface area (Å²) in [7, 11) is 0. The Morgan fingerprint density at radius 1 is 1.16 bits per heavy atom. The molecule has 0 bridgehead atoms. The zero-order chi connectivity index (χ0) is 23.7. The van der Waals surface area contributed by atoms with Gasteiger partial charge >= 0.3 is 6.18 Å². The fraction of sp³-hybridized carbons (Fsp3) is 0.174. The molecule has 0 unspecified atom stereocenters. The highest BCUT2D eigenvalue weighted by molar-refractivity contribution is 6.71. The van der Waals surface area contributed by atoms with Gasteiger partial charge < -0.3 is 10.5 Å². The largest absolute Gasteiger partial charge is 0.482 e. The number of allylic oxidation sites excluding steroid dienone is 2. The van der Waals surface area contributed by atoms with E-state index in [0.29, 0.717) is 5.69 Å². The van der Waals surface area contributed by atoms with Crippen molar-refractivity contribution in [3.05, 3.63) is 84.4 Å². The van der Waals surface area contributed by atoms with Crippen molar-refractivity contribution < 1.29 is 28.0 Å². The molecule has 0 amide bonds. The number of rotatable bonds is 9. The molecule has 0 saturated carbocycles. The number of carbonyl (C=O) groups is 1. The molecule has 0 atom stereocenters. The molecule has 9 heteroatoms. The fourth-order valence-corrected chi connectivity index (χ4v) is 2.56. The number of hydrogen-bond donors (Lipinski definition) is 3. The maximum Gasteiger partial charge on any atom is 0.416 e. The molecule has 2 aromatic rings. The SMILES string of the molecule is CC(C)OC(=C[NH2+]c1cccc(C(F)(F)F)c1)C(=O)C(=N)C(C=CN)=Nc1ccccc1. The standard InChI is InChI=1S/C23H23F3N4O2/c1-15(2)32-20(14-29-18-10-6-7-16(13-18)23(24,25)26)22(31)21(28)19(11-12-27)30-17-8-4-3-5-9-17/h3-15,28-29H,27H2,1-2H3/p+1. The summed E-state index contributed by atoms with van der Waals surface area (Å²) in [6.07, 6.45) is -1.17. The number of nitrogens with zero attached hydrogens (tertiary/aromatic N) is 1. The van der Waals surface area contributed by atoms with Crippen LogP contribution < -0.4 is 11.1 Å². The van der Waals surface area contributed by atoms with Crippen molar-refractivity contribution in [2.75, 3.05) is 0 Å². The van der Waals surface area contributed by atoms with Crippen LogP contribution in [0.15, 0.2) is 83.8 Å². The average molecular weight is 445 g/mol. The Kier molecular flexibility index (Phi) is 8.48. The molecule has 0 spiro atoms. The summed E-state index contributed by atoms with van der Waals surface area (Å²) < 4.78 is 44.4. The van der Waals surface area contributed by atoms with Crippen LogP contribution in [-0.2, 0) is 15.7 Å². The van der Waals surface area contributed by atoms with Crippen LogP contribution in [-0.4, -0.2) is 23.3 Å². The van der Waals surface area contributed by atoms with Crippen molar-refractivity contribution in [2.45, 2.75) is 26.1 Å². The van der Waals surface area contributed by atoms with Gasteiger partial charge in [0, 0.05) is 6.07 Å². The van der Waals surface area contributed by atoms with Gasteiger partial charge in [0.05, 0.1) is 23.1 Å². The third-order valence-corrected chi connectivity index (χ3v) is 3.97. The number of halogens is 3. The Hall–Kier alpha value is -3.72. The van der Waals surface area contributed by atoms with E-state index in [1.165, 1.54) is 29.7 Å². The highest BCUT2D eigenvalue weighted by atomic mass is 19.4. The molecule has 168 valence electrons. The van der Waals surface area contributed by atoms with Gasteiger partial charge in [-0.25, -0.2) is 4.99 Å². The maximum absolute atomic E-state index is 13.0. The van der Waals surface area contributed by atoms with Crippen LogP contribution in [0.4, 0.5) is 24.5 Å². The summed E-state index contributed by atoms with van der Waals surface area (Å²) in [5.74, 6) is -0.983. The molecule has 2 aromatic carbocycles. The first kappa shape index (κ1) is 24.5. The zero-order valence-electron chi connectivity index (χ0n) is 17.6. The van der Waals surface area contributed by atoms with Crippen LogP contribution in [0.25, 0.3) is 0 Å². The Bertz CT molecular complexity index is 1040. The van der Waals surface area contributed by atoms with Gasteiger partial charge in [0.25, 0.3) is 5.78 Å². The first-order chi connectivity index (χ1) is 15.1. The molecule has 0 saturated heterocycles. The van der Waals surface area contributed by atoms with E-state index in [2.05, 4.69) is 4.99 Å². The molecular weight excluding hydrogens is 421 g/mol. The molecule has 2 rings (SSSR count). The Morgan fingerprint density at radius 2 is 1.84 bits per heavy atom. The lowest BCUT2D eigenvalue weighted by molar-refractivity contribution is -0.498. The minimum atomic E-state index is -4.49. The van der Waals surface area contributed by atoms with Crippen molar-refractivity contribution in [1.29, 1.82) is 5.41 Å². The number of hydrogen-bond acceptors (Lipinski definition) is 5. The highest BCUT2D eigenvalue weighted by Gasteiger charge is 2.31. The molecule has 0 aliphatic carbocycles. The zero-order valence-corrected chi connectivity index (χ0v) is 17.6. The first-order valence-corrected chi connectivity index (χ1v) is 9.66. The number of benzene rings is 2. The number of Topliss-reactive ketones (excluding diaryl/α,β-unsaturated/α-hetero) is 1. The van der Waals surface area contributed by atoms with Crippen LogP contribution in [0.3, 0.4) is 0 Å². The number of quaternary nitrogens is 1. The van der Waals surface area contributed by atoms with Crippen molar-refractivity contribution in [3.63, 3.8) is 0 Å². The molecule has 32 heavy (non-hydrogen) atoms. The lowest BCUT2D eigenvalue weighted by Crippen LogP contribution is -2.71. The van der Waals surface area contributed by atoms with Gasteiger partial charge in [-0.15, -0.1) is 0 Å². The summed E-state index contributed by atoms with van der Waals surface area (Å²) in [5, 5.41) is 9.63. The van der Waals surface area contributed by atoms with E-state index in [1.807, 2.05) is 0 Å². The minimum Gasteiger partial charge on any atom is -0.482 e. The van der Waals surface area contributed by atoms with E-state index in [1.54, 1.807) is 44.2 Å². The van der Waals surface area contributed by atoms with E-state index in [-0.39, 0.29) is 17.2 Å². The predicted molar refractivity (Wildman–Crippen MR) is 117 cm³/mol. The molecule has 0 radical (unpaired) electrons. The lowest BCUT2D eigenvalue weighted by atomic mass is 10.1. The van der Waals surface area contributed by atoms with Crippen molar-refractivity contribution in [1.82, 2.24) is 0 Å². The number of aliphatic imine (C=N–C) groups is 1. The van der Waals surface area contributed by atoms with E-state index in [9.17, 15) is 18.0 Å². The van der Waals surface area contributed by atoms with Crippen LogP contribution in [0.2, 0.25) is 0 Å². The van der Waals surface area contributed by atoms with Crippen LogP contribution >= 0.6 is 0 Å². The van der Waals surface area contributed by atoms with Crippen LogP contribution in [0.5, 0.6) is 0 Å². The van der Waals surface area contributed by atoms with E-state index in [0.717, 1.165) is 18.3 Å². The molecule has 0 aliphatic heterocycles. The van der Waals surface area contributed by atoms with Crippen molar-refractivity contribution in [3.8, 4) is 0 Å². The number of ketones is 1. The molecule has 0 aromatic heterocycles. The van der Waals surface area contributed by atoms with Crippen molar-refractivity contribution in [2.24, 2.45) is 10.7 Å². The summed E-state index contributed by atoms with van der Waals surface area (Å²) in [5.41, 5.74) is 4.92. The number of nitrogens with two attached hydrogens (primary N) is 2. The molecule has 6 nitrogen and oxygen atoms in total. The maximum atomic E-state index is 13.0. The van der Waals surface area contributed by atoms with Gasteiger partial charge in [0.1, 0.15) is 17.6 Å². The van der Waals surface area contributed by atoms with Gasteiger partial charge in [0.2, 0.25) is 5.76 Å². The highest BCUT2D eigenvalue weighted by Crippen LogP contribution is 2.29. The second-order valence-corrected chi connectivity index (χ2v) is 6.88. The molecule has 0 fully saturated rings. The smallest absolute Gasteiger partial charge is 0.416 e. The van der Waals surface area contributed by atoms with Crippen molar-refractivity contribution >= 4 is 28.6 Å². The molecular formula is C23H24F3N4O2+. The summed E-state index contributed by atoms with van der Waals surface area (Å²) >= 11 is 0. The number of alkyl halides is 3. The van der Waals surface area contributed by atoms with Gasteiger partial charge in [-0.2, -0.15) is 13.2 Å². The normalized spacial score (nSPS) is 12.9. The Morgan fingerprint density at radius 3 is 2.44 bits per heavy atom. The third kappa shape index (κ3) is 7.21. The number of nitrogens with one attached hydrogen (secondary N) is 1. The predicted octanol–water partition coefficient (Wildman–Crippen LogP) is 4.00. The Balaban J connectivity index is 2.34.